The van der Waals surface area contributed by atoms with Crippen molar-refractivity contribution in [3.63, 3.8) is 0 Å². The molecule has 6 heteroatoms. The fourth-order valence-corrected chi connectivity index (χ4v) is 1.37. The van der Waals surface area contributed by atoms with Gasteiger partial charge in [-0.2, -0.15) is 0 Å². The number of halogens is 3. The number of alkyl halides is 3. The lowest BCUT2D eigenvalue weighted by atomic mass is 10.2. The summed E-state index contributed by atoms with van der Waals surface area (Å²) in [6, 6.07) is 6.49. The van der Waals surface area contributed by atoms with E-state index in [4.69, 9.17) is 0 Å². The zero-order valence-electron chi connectivity index (χ0n) is 7.84. The summed E-state index contributed by atoms with van der Waals surface area (Å²) < 4.78 is 40.0. The Morgan fingerprint density at radius 3 is 2.56 bits per heavy atom. The lowest BCUT2D eigenvalue weighted by molar-refractivity contribution is -0.274. The largest absolute Gasteiger partial charge is 0.573 e. The zero-order valence-corrected chi connectivity index (χ0v) is 7.84. The molecule has 0 saturated heterocycles. The minimum Gasteiger partial charge on any atom is -0.405 e. The number of hydrogen-bond acceptors (Lipinski definition) is 2. The second-order valence-electron chi connectivity index (χ2n) is 3.09. The van der Waals surface area contributed by atoms with Crippen LogP contribution in [-0.2, 0) is 0 Å². The maximum Gasteiger partial charge on any atom is 0.573 e. The number of aromatic nitrogens is 1. The van der Waals surface area contributed by atoms with Crippen molar-refractivity contribution in [3.8, 4) is 5.75 Å². The normalized spacial score (nSPS) is 11.7. The van der Waals surface area contributed by atoms with Gasteiger partial charge in [0.1, 0.15) is 5.75 Å². The molecule has 1 N–H and O–H groups in total. The third kappa shape index (κ3) is 2.16. The minimum atomic E-state index is -4.75. The Hall–Kier alpha value is -1.98. The molecule has 0 aliphatic carbocycles. The molecular weight excluding hydrogens is 223 g/mol. The number of rotatable bonds is 1. The van der Waals surface area contributed by atoms with Crippen LogP contribution in [0.4, 0.5) is 13.2 Å². The highest BCUT2D eigenvalue weighted by molar-refractivity contribution is 5.84. The van der Waals surface area contributed by atoms with Crippen LogP contribution >= 0.6 is 0 Å². The molecular formula is C10H6F3NO2. The van der Waals surface area contributed by atoms with Gasteiger partial charge in [-0.05, 0) is 18.2 Å². The summed E-state index contributed by atoms with van der Waals surface area (Å²) in [5.41, 5.74) is -0.0779. The highest BCUT2D eigenvalue weighted by atomic mass is 19.4. The van der Waals surface area contributed by atoms with Crippen molar-refractivity contribution in [1.29, 1.82) is 0 Å². The maximum atomic E-state index is 12.1. The van der Waals surface area contributed by atoms with Gasteiger partial charge >= 0.3 is 6.36 Å². The first kappa shape index (κ1) is 10.5. The second-order valence-corrected chi connectivity index (χ2v) is 3.09. The van der Waals surface area contributed by atoms with Gasteiger partial charge in [-0.25, -0.2) is 0 Å². The minimum absolute atomic E-state index is 0.208. The topological polar surface area (TPSA) is 42.1 Å². The van der Waals surface area contributed by atoms with E-state index in [9.17, 15) is 18.0 Å². The fraction of sp³-hybridized carbons (Fsp3) is 0.100. The standard InChI is InChI=1S/C10H6F3NO2/c11-10(12,13)16-8-3-1-2-7-6(8)4-5-9(15)14-7/h1-5H,(H,14,15). The van der Waals surface area contributed by atoms with Crippen LogP contribution in [0.1, 0.15) is 0 Å². The van der Waals surface area contributed by atoms with Crippen LogP contribution in [0.25, 0.3) is 10.9 Å². The molecule has 0 aliphatic heterocycles. The Morgan fingerprint density at radius 2 is 1.88 bits per heavy atom. The van der Waals surface area contributed by atoms with Crippen LogP contribution in [0.3, 0.4) is 0 Å². The highest BCUT2D eigenvalue weighted by Crippen LogP contribution is 2.28. The molecule has 0 amide bonds. The fourth-order valence-electron chi connectivity index (χ4n) is 1.37. The molecule has 3 nitrogen and oxygen atoms in total. The average molecular weight is 229 g/mol. The van der Waals surface area contributed by atoms with Gasteiger partial charge in [-0.15, -0.1) is 13.2 Å². The average Bonchev–Trinajstić information content (AvgIpc) is 2.15. The van der Waals surface area contributed by atoms with Crippen LogP contribution in [0.2, 0.25) is 0 Å². The van der Waals surface area contributed by atoms with Gasteiger partial charge in [0.25, 0.3) is 0 Å². The van der Waals surface area contributed by atoms with E-state index in [1.807, 2.05) is 0 Å². The predicted molar refractivity (Wildman–Crippen MR) is 51.3 cm³/mol. The Bertz CT molecular complexity index is 574. The number of ether oxygens (including phenoxy) is 1. The van der Waals surface area contributed by atoms with Gasteiger partial charge in [0.2, 0.25) is 5.56 Å². The summed E-state index contributed by atoms with van der Waals surface area (Å²) in [6.45, 7) is 0. The van der Waals surface area contributed by atoms with Gasteiger partial charge in [-0.1, -0.05) is 6.07 Å². The molecule has 1 aromatic carbocycles. The van der Waals surface area contributed by atoms with Crippen LogP contribution in [0.5, 0.6) is 5.75 Å². The zero-order chi connectivity index (χ0) is 11.8. The Kier molecular flexibility index (Phi) is 2.34. The number of aromatic amines is 1. The summed E-state index contributed by atoms with van der Waals surface area (Å²) >= 11 is 0. The molecule has 0 atom stereocenters. The Balaban J connectivity index is 2.58. The van der Waals surface area contributed by atoms with Crippen LogP contribution < -0.4 is 10.3 Å². The van der Waals surface area contributed by atoms with E-state index in [0.717, 1.165) is 6.07 Å². The van der Waals surface area contributed by atoms with E-state index < -0.39 is 6.36 Å². The first-order valence-electron chi connectivity index (χ1n) is 4.33. The molecule has 0 unspecified atom stereocenters. The van der Waals surface area contributed by atoms with E-state index in [0.29, 0.717) is 5.52 Å². The second kappa shape index (κ2) is 3.55. The number of hydrogen-bond donors (Lipinski definition) is 1. The molecule has 0 saturated carbocycles. The first-order chi connectivity index (χ1) is 7.46. The molecule has 2 aromatic rings. The predicted octanol–water partition coefficient (Wildman–Crippen LogP) is 2.43. The molecule has 0 bridgehead atoms. The van der Waals surface area contributed by atoms with Crippen molar-refractivity contribution in [2.24, 2.45) is 0 Å². The lowest BCUT2D eigenvalue weighted by Gasteiger charge is -2.10. The van der Waals surface area contributed by atoms with Crippen molar-refractivity contribution in [2.45, 2.75) is 6.36 Å². The van der Waals surface area contributed by atoms with E-state index in [-0.39, 0.29) is 16.7 Å². The maximum absolute atomic E-state index is 12.1. The van der Waals surface area contributed by atoms with Gasteiger partial charge in [0.05, 0.1) is 5.52 Å². The smallest absolute Gasteiger partial charge is 0.405 e. The third-order valence-electron chi connectivity index (χ3n) is 1.95. The molecule has 16 heavy (non-hydrogen) atoms. The quantitative estimate of drug-likeness (QED) is 0.815. The van der Waals surface area contributed by atoms with Crippen molar-refractivity contribution < 1.29 is 17.9 Å². The van der Waals surface area contributed by atoms with Crippen LogP contribution in [-0.4, -0.2) is 11.3 Å². The van der Waals surface area contributed by atoms with Crippen molar-refractivity contribution in [2.75, 3.05) is 0 Å². The summed E-state index contributed by atoms with van der Waals surface area (Å²) in [6.07, 6.45) is -4.75. The Morgan fingerprint density at radius 1 is 1.12 bits per heavy atom. The molecule has 0 fully saturated rings. The highest BCUT2D eigenvalue weighted by Gasteiger charge is 2.31. The van der Waals surface area contributed by atoms with E-state index >= 15 is 0 Å². The summed E-state index contributed by atoms with van der Waals surface area (Å²) in [5, 5.41) is 0.208. The van der Waals surface area contributed by atoms with Crippen molar-refractivity contribution in [3.05, 3.63) is 40.7 Å². The number of H-pyrrole nitrogens is 1. The lowest BCUT2D eigenvalue weighted by Crippen LogP contribution is -2.17. The van der Waals surface area contributed by atoms with Gasteiger partial charge in [-0.3, -0.25) is 4.79 Å². The molecule has 0 aliphatic rings. The van der Waals surface area contributed by atoms with Gasteiger partial charge in [0.15, 0.2) is 0 Å². The van der Waals surface area contributed by atoms with Crippen molar-refractivity contribution >= 4 is 10.9 Å². The Labute approximate surface area is 87.5 Å². The monoisotopic (exact) mass is 229 g/mol. The van der Waals surface area contributed by atoms with Crippen LogP contribution in [0.15, 0.2) is 35.1 Å². The number of benzene rings is 1. The summed E-state index contributed by atoms with van der Waals surface area (Å²) in [5.74, 6) is -0.332. The first-order valence-corrected chi connectivity index (χ1v) is 4.33. The summed E-state index contributed by atoms with van der Waals surface area (Å²) in [7, 11) is 0. The number of pyridine rings is 1. The molecule has 1 heterocycles. The third-order valence-corrected chi connectivity index (χ3v) is 1.95. The van der Waals surface area contributed by atoms with E-state index in [1.54, 1.807) is 0 Å². The molecule has 1 aromatic heterocycles. The van der Waals surface area contributed by atoms with Gasteiger partial charge < -0.3 is 9.72 Å². The molecule has 2 rings (SSSR count). The molecule has 0 spiro atoms. The summed E-state index contributed by atoms with van der Waals surface area (Å²) in [4.78, 5) is 13.4. The molecule has 84 valence electrons. The van der Waals surface area contributed by atoms with Gasteiger partial charge in [0, 0.05) is 11.5 Å². The van der Waals surface area contributed by atoms with E-state index in [2.05, 4.69) is 9.72 Å². The molecule has 0 radical (unpaired) electrons. The van der Waals surface area contributed by atoms with E-state index in [1.165, 1.54) is 24.3 Å². The SMILES string of the molecule is O=c1ccc2c(OC(F)(F)F)cccc2[nH]1. The van der Waals surface area contributed by atoms with Crippen LogP contribution in [0, 0.1) is 0 Å². The number of nitrogens with one attached hydrogen (secondary N) is 1. The number of fused-ring (bicyclic) bond motifs is 1. The van der Waals surface area contributed by atoms with Crippen molar-refractivity contribution in [1.82, 2.24) is 4.98 Å².